The van der Waals surface area contributed by atoms with E-state index in [2.05, 4.69) is 5.32 Å². The van der Waals surface area contributed by atoms with E-state index in [1.54, 1.807) is 4.90 Å². The average molecular weight is 365 g/mol. The number of amides is 2. The molecule has 2 amide bonds. The minimum absolute atomic E-state index is 0.0539. The van der Waals surface area contributed by atoms with E-state index in [0.29, 0.717) is 12.2 Å². The zero-order chi connectivity index (χ0) is 17.3. The predicted molar refractivity (Wildman–Crippen MR) is 96.8 cm³/mol. The van der Waals surface area contributed by atoms with Crippen molar-refractivity contribution in [2.45, 2.75) is 19.5 Å². The van der Waals surface area contributed by atoms with Crippen LogP contribution in [0.5, 0.6) is 0 Å². The molecule has 0 saturated heterocycles. The molecule has 1 aromatic heterocycles. The number of rotatable bonds is 4. The van der Waals surface area contributed by atoms with Crippen molar-refractivity contribution in [1.29, 1.82) is 0 Å². The molecule has 2 aromatic rings. The van der Waals surface area contributed by atoms with Crippen molar-refractivity contribution in [3.8, 4) is 0 Å². The first kappa shape index (κ1) is 17.0. The van der Waals surface area contributed by atoms with Crippen molar-refractivity contribution < 1.29 is 14.5 Å². The summed E-state index contributed by atoms with van der Waals surface area (Å²) in [6.07, 6.45) is 0. The number of quaternary nitrogens is 1. The molecule has 2 heterocycles. The van der Waals surface area contributed by atoms with Crippen molar-refractivity contribution in [2.75, 3.05) is 23.8 Å². The summed E-state index contributed by atoms with van der Waals surface area (Å²) in [6, 6.07) is 10.9. The Morgan fingerprint density at radius 3 is 2.83 bits per heavy atom. The topological polar surface area (TPSA) is 53.9 Å². The van der Waals surface area contributed by atoms with Crippen LogP contribution in [0.2, 0.25) is 4.34 Å². The summed E-state index contributed by atoms with van der Waals surface area (Å²) in [7, 11) is 1.98. The van der Waals surface area contributed by atoms with Gasteiger partial charge in [-0.15, -0.1) is 11.3 Å². The minimum Gasteiger partial charge on any atom is -0.323 e. The molecule has 0 aliphatic carbocycles. The fraction of sp³-hybridized carbons (Fsp3) is 0.294. The van der Waals surface area contributed by atoms with Crippen LogP contribution in [0.4, 0.5) is 11.4 Å². The first-order valence-corrected chi connectivity index (χ1v) is 8.92. The second-order valence-electron chi connectivity index (χ2n) is 5.94. The molecule has 2 atom stereocenters. The van der Waals surface area contributed by atoms with Crippen LogP contribution >= 0.6 is 22.9 Å². The Hall–Kier alpha value is -1.89. The van der Waals surface area contributed by atoms with Crippen LogP contribution in [0.3, 0.4) is 0 Å². The summed E-state index contributed by atoms with van der Waals surface area (Å²) in [5.74, 6) is -0.227. The predicted octanol–water partition coefficient (Wildman–Crippen LogP) is 1.79. The second kappa shape index (κ2) is 6.93. The van der Waals surface area contributed by atoms with E-state index >= 15 is 0 Å². The van der Waals surface area contributed by atoms with Gasteiger partial charge in [0.25, 0.3) is 5.91 Å². The number of hydrogen-bond acceptors (Lipinski definition) is 3. The van der Waals surface area contributed by atoms with Crippen molar-refractivity contribution in [1.82, 2.24) is 0 Å². The Bertz CT molecular complexity index is 777. The Labute approximate surface area is 149 Å². The van der Waals surface area contributed by atoms with Gasteiger partial charge in [0.05, 0.1) is 27.6 Å². The number of carbonyl (C=O) groups excluding carboxylic acids is 2. The molecule has 0 bridgehead atoms. The lowest BCUT2D eigenvalue weighted by Gasteiger charge is -2.32. The number of thiophene rings is 1. The summed E-state index contributed by atoms with van der Waals surface area (Å²) in [4.78, 5) is 28.6. The Kier molecular flexibility index (Phi) is 4.89. The van der Waals surface area contributed by atoms with Crippen LogP contribution in [-0.4, -0.2) is 31.4 Å². The van der Waals surface area contributed by atoms with Gasteiger partial charge in [-0.3, -0.25) is 14.5 Å². The molecule has 0 radical (unpaired) electrons. The van der Waals surface area contributed by atoms with E-state index in [9.17, 15) is 9.59 Å². The molecule has 5 nitrogen and oxygen atoms in total. The van der Waals surface area contributed by atoms with Gasteiger partial charge >= 0.3 is 0 Å². The number of fused-ring (bicyclic) bond motifs is 1. The maximum Gasteiger partial charge on any atom is 0.285 e. The number of anilines is 2. The Morgan fingerprint density at radius 2 is 2.12 bits per heavy atom. The number of nitrogens with one attached hydrogen (secondary N) is 2. The second-order valence-corrected chi connectivity index (χ2v) is 7.74. The number of nitrogens with zero attached hydrogens (tertiary/aromatic N) is 1. The SMILES string of the molecule is C[C@H](C(=O)N1CC(=O)Nc2ccccc21)[NH+](C)Cc1ccc(Cl)s1. The molecular formula is C17H19ClN3O2S+. The maximum absolute atomic E-state index is 12.9. The van der Waals surface area contributed by atoms with E-state index in [1.807, 2.05) is 50.4 Å². The molecule has 2 N–H and O–H groups in total. The molecule has 24 heavy (non-hydrogen) atoms. The first-order chi connectivity index (χ1) is 11.5. The van der Waals surface area contributed by atoms with Crippen molar-refractivity contribution >= 4 is 46.1 Å². The van der Waals surface area contributed by atoms with Crippen LogP contribution < -0.4 is 15.1 Å². The standard InChI is InChI=1S/C17H18ClN3O2S/c1-11(20(2)9-12-7-8-15(18)24-12)17(23)21-10-16(22)19-13-5-3-4-6-14(13)21/h3-8,11H,9-10H2,1-2H3,(H,19,22)/p+1/t11-/m1/s1. The lowest BCUT2D eigenvalue weighted by molar-refractivity contribution is -0.907. The van der Waals surface area contributed by atoms with Gasteiger partial charge in [-0.05, 0) is 31.2 Å². The maximum atomic E-state index is 12.9. The highest BCUT2D eigenvalue weighted by Crippen LogP contribution is 2.29. The first-order valence-electron chi connectivity index (χ1n) is 7.72. The summed E-state index contributed by atoms with van der Waals surface area (Å²) in [6.45, 7) is 2.66. The molecule has 7 heteroatoms. The van der Waals surface area contributed by atoms with Crippen molar-refractivity contribution in [2.24, 2.45) is 0 Å². The lowest BCUT2D eigenvalue weighted by Crippen LogP contribution is -3.12. The third-order valence-corrected chi connectivity index (χ3v) is 5.46. The average Bonchev–Trinajstić information content (AvgIpc) is 2.97. The third-order valence-electron chi connectivity index (χ3n) is 4.23. The van der Waals surface area contributed by atoms with Crippen molar-refractivity contribution in [3.63, 3.8) is 0 Å². The molecule has 1 aliphatic heterocycles. The molecule has 1 aromatic carbocycles. The summed E-state index contributed by atoms with van der Waals surface area (Å²) < 4.78 is 0.749. The Balaban J connectivity index is 1.77. The largest absolute Gasteiger partial charge is 0.323 e. The zero-order valence-electron chi connectivity index (χ0n) is 13.5. The molecule has 126 valence electrons. The number of hydrogen-bond donors (Lipinski definition) is 2. The van der Waals surface area contributed by atoms with Gasteiger partial charge in [0, 0.05) is 0 Å². The van der Waals surface area contributed by atoms with Crippen LogP contribution in [-0.2, 0) is 16.1 Å². The highest BCUT2D eigenvalue weighted by Gasteiger charge is 2.33. The number of likely N-dealkylation sites (N-methyl/N-ethyl adjacent to an activating group) is 1. The molecule has 3 rings (SSSR count). The monoisotopic (exact) mass is 364 g/mol. The Morgan fingerprint density at radius 1 is 1.38 bits per heavy atom. The number of carbonyl (C=O) groups is 2. The minimum atomic E-state index is -0.273. The molecule has 1 aliphatic rings. The van der Waals surface area contributed by atoms with Gasteiger partial charge in [-0.2, -0.15) is 0 Å². The fourth-order valence-electron chi connectivity index (χ4n) is 2.75. The lowest BCUT2D eigenvalue weighted by atomic mass is 10.1. The number of halogens is 1. The van der Waals surface area contributed by atoms with Gasteiger partial charge in [0.15, 0.2) is 6.04 Å². The zero-order valence-corrected chi connectivity index (χ0v) is 15.1. The third kappa shape index (κ3) is 3.45. The van der Waals surface area contributed by atoms with Gasteiger partial charge in [-0.25, -0.2) is 0 Å². The van der Waals surface area contributed by atoms with E-state index in [0.717, 1.165) is 19.8 Å². The van der Waals surface area contributed by atoms with E-state index in [4.69, 9.17) is 11.6 Å². The highest BCUT2D eigenvalue weighted by atomic mass is 35.5. The van der Waals surface area contributed by atoms with Gasteiger partial charge in [0.1, 0.15) is 13.1 Å². The molecular weight excluding hydrogens is 346 g/mol. The highest BCUT2D eigenvalue weighted by molar-refractivity contribution is 7.16. The van der Waals surface area contributed by atoms with Crippen molar-refractivity contribution in [3.05, 3.63) is 45.6 Å². The fourth-order valence-corrected chi connectivity index (χ4v) is 3.93. The van der Waals surface area contributed by atoms with Crippen LogP contribution in [0.25, 0.3) is 0 Å². The normalized spacial score (nSPS) is 16.3. The van der Waals surface area contributed by atoms with E-state index < -0.39 is 0 Å². The molecule has 0 fully saturated rings. The number of para-hydroxylation sites is 2. The van der Waals surface area contributed by atoms with Gasteiger partial charge in [-0.1, -0.05) is 23.7 Å². The van der Waals surface area contributed by atoms with Crippen LogP contribution in [0, 0.1) is 0 Å². The van der Waals surface area contributed by atoms with E-state index in [-0.39, 0.29) is 24.4 Å². The van der Waals surface area contributed by atoms with Gasteiger partial charge < -0.3 is 10.2 Å². The smallest absolute Gasteiger partial charge is 0.285 e. The summed E-state index contributed by atoms with van der Waals surface area (Å²) >= 11 is 7.49. The molecule has 0 saturated carbocycles. The van der Waals surface area contributed by atoms with Crippen LogP contribution in [0.1, 0.15) is 11.8 Å². The van der Waals surface area contributed by atoms with E-state index in [1.165, 1.54) is 11.3 Å². The van der Waals surface area contributed by atoms with Crippen LogP contribution in [0.15, 0.2) is 36.4 Å². The quantitative estimate of drug-likeness (QED) is 0.869. The number of benzene rings is 1. The molecule has 0 spiro atoms. The molecule has 1 unspecified atom stereocenters. The summed E-state index contributed by atoms with van der Waals surface area (Å²) in [5.41, 5.74) is 1.43. The van der Waals surface area contributed by atoms with Gasteiger partial charge in [0.2, 0.25) is 5.91 Å². The summed E-state index contributed by atoms with van der Waals surface area (Å²) in [5, 5.41) is 2.80.